The van der Waals surface area contributed by atoms with Crippen LogP contribution in [0.4, 0.5) is 17.6 Å². The first-order chi connectivity index (χ1) is 16.1. The summed E-state index contributed by atoms with van der Waals surface area (Å²) in [7, 11) is 1.39. The van der Waals surface area contributed by atoms with E-state index in [1.165, 1.54) is 7.05 Å². The molecule has 0 fully saturated rings. The fourth-order valence-corrected chi connectivity index (χ4v) is 3.66. The van der Waals surface area contributed by atoms with Gasteiger partial charge in [-0.05, 0) is 50.2 Å². The monoisotopic (exact) mass is 472 g/mol. The summed E-state index contributed by atoms with van der Waals surface area (Å²) >= 11 is 0. The van der Waals surface area contributed by atoms with E-state index in [0.29, 0.717) is 15.9 Å². The lowest BCUT2D eigenvalue weighted by Crippen LogP contribution is -2.29. The summed E-state index contributed by atoms with van der Waals surface area (Å²) in [6.07, 6.45) is -4.92. The number of hydrogen-bond acceptors (Lipinski definition) is 4. The average molecular weight is 472 g/mol. The number of rotatable bonds is 5. The molecular formula is C23H20F4N6O. The van der Waals surface area contributed by atoms with Crippen molar-refractivity contribution < 1.29 is 22.4 Å². The van der Waals surface area contributed by atoms with E-state index in [4.69, 9.17) is 0 Å². The topological polar surface area (TPSA) is 68.8 Å². The first-order valence-electron chi connectivity index (χ1n) is 10.2. The number of halogens is 4. The van der Waals surface area contributed by atoms with Gasteiger partial charge >= 0.3 is 6.18 Å². The van der Waals surface area contributed by atoms with Gasteiger partial charge in [0.2, 0.25) is 0 Å². The van der Waals surface area contributed by atoms with Crippen molar-refractivity contribution in [2.24, 2.45) is 0 Å². The Labute approximate surface area is 192 Å². The van der Waals surface area contributed by atoms with Crippen molar-refractivity contribution in [1.82, 2.24) is 29.7 Å². The third-order valence-electron chi connectivity index (χ3n) is 5.40. The second-order valence-corrected chi connectivity index (χ2v) is 7.73. The Kier molecular flexibility index (Phi) is 5.94. The maximum absolute atomic E-state index is 13.9. The first-order valence-corrected chi connectivity index (χ1v) is 10.2. The minimum absolute atomic E-state index is 0.0179. The number of benzene rings is 2. The molecule has 2 aromatic carbocycles. The van der Waals surface area contributed by atoms with Crippen molar-refractivity contribution in [3.05, 3.63) is 88.8 Å². The van der Waals surface area contributed by atoms with E-state index in [2.05, 4.69) is 15.4 Å². The number of amides is 1. The number of aryl methyl sites for hydroxylation is 1. The van der Waals surface area contributed by atoms with E-state index in [1.807, 2.05) is 37.3 Å². The molecule has 0 spiro atoms. The van der Waals surface area contributed by atoms with Crippen LogP contribution in [-0.2, 0) is 12.7 Å². The summed E-state index contributed by atoms with van der Waals surface area (Å²) < 4.78 is 57.2. The smallest absolute Gasteiger partial charge is 0.336 e. The number of para-hydroxylation sites is 1. The van der Waals surface area contributed by atoms with Crippen molar-refractivity contribution in [3.8, 4) is 11.4 Å². The zero-order valence-electron chi connectivity index (χ0n) is 18.5. The number of hydrogen-bond donors (Lipinski definition) is 0. The fourth-order valence-electron chi connectivity index (χ4n) is 3.66. The van der Waals surface area contributed by atoms with Crippen LogP contribution in [0.2, 0.25) is 0 Å². The predicted octanol–water partition coefficient (Wildman–Crippen LogP) is 4.50. The molecule has 0 atom stereocenters. The molecule has 2 aromatic heterocycles. The second-order valence-electron chi connectivity index (χ2n) is 7.73. The predicted molar refractivity (Wildman–Crippen MR) is 115 cm³/mol. The van der Waals surface area contributed by atoms with E-state index in [9.17, 15) is 22.4 Å². The van der Waals surface area contributed by atoms with Crippen LogP contribution in [0.15, 0.2) is 54.6 Å². The van der Waals surface area contributed by atoms with Gasteiger partial charge in [-0.25, -0.2) is 13.8 Å². The van der Waals surface area contributed by atoms with E-state index in [0.717, 1.165) is 40.5 Å². The molecule has 4 aromatic rings. The molecule has 176 valence electrons. The highest BCUT2D eigenvalue weighted by atomic mass is 19.4. The van der Waals surface area contributed by atoms with Gasteiger partial charge in [0, 0.05) is 24.8 Å². The highest BCUT2D eigenvalue weighted by Crippen LogP contribution is 2.33. The second kappa shape index (κ2) is 8.73. The molecule has 0 saturated carbocycles. The Morgan fingerprint density at radius 3 is 2.21 bits per heavy atom. The lowest BCUT2D eigenvalue weighted by molar-refractivity contribution is -0.143. The van der Waals surface area contributed by atoms with Crippen molar-refractivity contribution in [1.29, 1.82) is 0 Å². The number of aromatic nitrogens is 5. The Hall–Kier alpha value is -4.02. The molecule has 0 aliphatic heterocycles. The summed E-state index contributed by atoms with van der Waals surface area (Å²) in [6.45, 7) is 3.61. The highest BCUT2D eigenvalue weighted by Gasteiger charge is 2.42. The number of alkyl halides is 3. The number of carbonyl (C=O) groups is 1. The van der Waals surface area contributed by atoms with Crippen LogP contribution >= 0.6 is 0 Å². The minimum Gasteiger partial charge on any atom is -0.336 e. The normalized spacial score (nSPS) is 11.6. The van der Waals surface area contributed by atoms with Gasteiger partial charge < -0.3 is 4.90 Å². The molecule has 34 heavy (non-hydrogen) atoms. The zero-order valence-corrected chi connectivity index (χ0v) is 18.5. The molecule has 0 aliphatic rings. The van der Waals surface area contributed by atoms with E-state index in [-0.39, 0.29) is 12.2 Å². The summed E-state index contributed by atoms with van der Waals surface area (Å²) in [5.41, 5.74) is 0.693. The van der Waals surface area contributed by atoms with Crippen molar-refractivity contribution in [2.75, 3.05) is 7.05 Å². The molecule has 11 heteroatoms. The molecule has 2 heterocycles. The molecule has 0 saturated heterocycles. The lowest BCUT2D eigenvalue weighted by atomic mass is 10.1. The van der Waals surface area contributed by atoms with Crippen molar-refractivity contribution in [2.45, 2.75) is 26.6 Å². The standard InChI is InChI=1S/C23H20F4N6O/c1-14-19(15(2)32(29-14)17-7-5-4-6-8-17)13-31(3)22(34)20-21(23(25,26)27)33(30-28-20)18-11-9-16(24)10-12-18/h4-12H,13H2,1-3H3. The van der Waals surface area contributed by atoms with Crippen LogP contribution in [0.5, 0.6) is 0 Å². The SMILES string of the molecule is Cc1nn(-c2ccccc2)c(C)c1CN(C)C(=O)c1nnn(-c2ccc(F)cc2)c1C(F)(F)F. The first kappa shape index (κ1) is 23.1. The minimum atomic E-state index is -4.92. The molecular weight excluding hydrogens is 452 g/mol. The van der Waals surface area contributed by atoms with Gasteiger partial charge in [-0.3, -0.25) is 4.79 Å². The third-order valence-corrected chi connectivity index (χ3v) is 5.40. The maximum atomic E-state index is 13.9. The third kappa shape index (κ3) is 4.28. The van der Waals surface area contributed by atoms with E-state index < -0.39 is 29.3 Å². The fraction of sp³-hybridized carbons (Fsp3) is 0.217. The largest absolute Gasteiger partial charge is 0.435 e. The van der Waals surface area contributed by atoms with Gasteiger partial charge in [0.25, 0.3) is 5.91 Å². The Bertz CT molecular complexity index is 1330. The number of carbonyl (C=O) groups excluding carboxylic acids is 1. The molecule has 0 bridgehead atoms. The highest BCUT2D eigenvalue weighted by molar-refractivity contribution is 5.93. The molecule has 0 radical (unpaired) electrons. The molecule has 0 aliphatic carbocycles. The van der Waals surface area contributed by atoms with Crippen LogP contribution in [-0.4, -0.2) is 42.6 Å². The van der Waals surface area contributed by atoms with Gasteiger partial charge in [0.15, 0.2) is 11.4 Å². The quantitative estimate of drug-likeness (QED) is 0.401. The van der Waals surface area contributed by atoms with Crippen LogP contribution in [0, 0.1) is 19.7 Å². The summed E-state index contributed by atoms with van der Waals surface area (Å²) in [4.78, 5) is 14.2. The summed E-state index contributed by atoms with van der Waals surface area (Å²) in [6, 6.07) is 13.6. The molecule has 0 N–H and O–H groups in total. The van der Waals surface area contributed by atoms with Gasteiger partial charge in [0.1, 0.15) is 5.82 Å². The molecule has 7 nitrogen and oxygen atoms in total. The van der Waals surface area contributed by atoms with Crippen LogP contribution < -0.4 is 0 Å². The van der Waals surface area contributed by atoms with E-state index in [1.54, 1.807) is 11.6 Å². The maximum Gasteiger partial charge on any atom is 0.435 e. The Morgan fingerprint density at radius 2 is 1.59 bits per heavy atom. The molecule has 1 amide bonds. The van der Waals surface area contributed by atoms with Gasteiger partial charge in [0.05, 0.1) is 17.1 Å². The zero-order chi connectivity index (χ0) is 24.6. The van der Waals surface area contributed by atoms with Gasteiger partial charge in [-0.1, -0.05) is 23.4 Å². The summed E-state index contributed by atoms with van der Waals surface area (Å²) in [5, 5.41) is 11.6. The van der Waals surface area contributed by atoms with Crippen molar-refractivity contribution >= 4 is 5.91 Å². The Morgan fingerprint density at radius 1 is 0.971 bits per heavy atom. The van der Waals surface area contributed by atoms with Crippen LogP contribution in [0.25, 0.3) is 11.4 Å². The van der Waals surface area contributed by atoms with Crippen LogP contribution in [0.3, 0.4) is 0 Å². The van der Waals surface area contributed by atoms with Crippen LogP contribution in [0.1, 0.15) is 33.1 Å². The van der Waals surface area contributed by atoms with Gasteiger partial charge in [-0.2, -0.15) is 18.3 Å². The number of nitrogens with zero attached hydrogens (tertiary/aromatic N) is 6. The lowest BCUT2D eigenvalue weighted by Gasteiger charge is -2.18. The van der Waals surface area contributed by atoms with Crippen molar-refractivity contribution in [3.63, 3.8) is 0 Å². The molecule has 0 unspecified atom stereocenters. The van der Waals surface area contributed by atoms with E-state index >= 15 is 0 Å². The Balaban J connectivity index is 1.67. The van der Waals surface area contributed by atoms with Gasteiger partial charge in [-0.15, -0.1) is 5.10 Å². The molecule has 4 rings (SSSR count). The average Bonchev–Trinajstić information content (AvgIpc) is 3.37. The summed E-state index contributed by atoms with van der Waals surface area (Å²) in [5.74, 6) is -1.57.